The normalized spacial score (nSPS) is 20.7. The van der Waals surface area contributed by atoms with Crippen LogP contribution in [0.4, 0.5) is 0 Å². The minimum Gasteiger partial charge on any atom is -0.379 e. The van der Waals surface area contributed by atoms with Gasteiger partial charge >= 0.3 is 0 Å². The van der Waals surface area contributed by atoms with E-state index in [0.717, 1.165) is 17.7 Å². The molecule has 0 bridgehead atoms. The van der Waals surface area contributed by atoms with Crippen molar-refractivity contribution in [3.05, 3.63) is 46.7 Å². The summed E-state index contributed by atoms with van der Waals surface area (Å²) in [5.41, 5.74) is 3.78. The second kappa shape index (κ2) is 8.86. The molecule has 3 heterocycles. The van der Waals surface area contributed by atoms with Gasteiger partial charge in [0.05, 0.1) is 36.6 Å². The molecular formula is C17H21N3O3S. The number of nitrogens with zero attached hydrogens (tertiary/aromatic N) is 2. The molecule has 0 spiro atoms. The maximum atomic E-state index is 12.2. The number of carbonyl (C=O) groups excluding carboxylic acids is 1. The third-order valence-corrected chi connectivity index (χ3v) is 4.57. The van der Waals surface area contributed by atoms with Crippen LogP contribution in [0.5, 0.6) is 0 Å². The summed E-state index contributed by atoms with van der Waals surface area (Å²) in [7, 11) is 0. The van der Waals surface area contributed by atoms with Crippen molar-refractivity contribution in [2.24, 2.45) is 0 Å². The van der Waals surface area contributed by atoms with E-state index in [9.17, 15) is 4.79 Å². The molecule has 2 aromatic rings. The van der Waals surface area contributed by atoms with Crippen LogP contribution in [0.3, 0.4) is 0 Å². The average Bonchev–Trinajstić information content (AvgIpc) is 3.14. The maximum absolute atomic E-state index is 12.2. The molecule has 2 aromatic heterocycles. The summed E-state index contributed by atoms with van der Waals surface area (Å²) < 4.78 is 11.4. The highest BCUT2D eigenvalue weighted by molar-refractivity contribution is 7.07. The van der Waals surface area contributed by atoms with Crippen molar-refractivity contribution in [1.82, 2.24) is 15.3 Å². The molecule has 2 atom stereocenters. The van der Waals surface area contributed by atoms with Crippen molar-refractivity contribution in [2.75, 3.05) is 13.2 Å². The summed E-state index contributed by atoms with van der Waals surface area (Å²) in [4.78, 5) is 20.5. The van der Waals surface area contributed by atoms with E-state index in [-0.39, 0.29) is 18.1 Å². The molecule has 24 heavy (non-hydrogen) atoms. The van der Waals surface area contributed by atoms with Gasteiger partial charge in [-0.3, -0.25) is 9.78 Å². The highest BCUT2D eigenvalue weighted by atomic mass is 32.1. The van der Waals surface area contributed by atoms with E-state index in [1.54, 1.807) is 29.2 Å². The second-order valence-corrected chi connectivity index (χ2v) is 6.45. The van der Waals surface area contributed by atoms with Crippen LogP contribution in [-0.2, 0) is 27.3 Å². The van der Waals surface area contributed by atoms with Crippen LogP contribution in [0.2, 0.25) is 0 Å². The van der Waals surface area contributed by atoms with Gasteiger partial charge in [-0.1, -0.05) is 6.07 Å². The SMILES string of the molecule is O=C(CCc1cccnc1)N[C@@H]1COCC[C@@H]1OCc1cscn1. The molecule has 1 fully saturated rings. The summed E-state index contributed by atoms with van der Waals surface area (Å²) >= 11 is 1.55. The molecule has 0 unspecified atom stereocenters. The molecule has 1 amide bonds. The maximum Gasteiger partial charge on any atom is 0.220 e. The van der Waals surface area contributed by atoms with Crippen LogP contribution >= 0.6 is 11.3 Å². The van der Waals surface area contributed by atoms with E-state index in [4.69, 9.17) is 9.47 Å². The lowest BCUT2D eigenvalue weighted by atomic mass is 10.1. The molecule has 0 saturated carbocycles. The zero-order valence-electron chi connectivity index (χ0n) is 13.4. The monoisotopic (exact) mass is 347 g/mol. The first-order valence-electron chi connectivity index (χ1n) is 8.06. The lowest BCUT2D eigenvalue weighted by Gasteiger charge is -2.32. The molecule has 128 valence electrons. The number of aryl methyl sites for hydroxylation is 1. The first kappa shape index (κ1) is 17.0. The average molecular weight is 347 g/mol. The van der Waals surface area contributed by atoms with Gasteiger partial charge in [0, 0.05) is 30.8 Å². The Bertz CT molecular complexity index is 621. The van der Waals surface area contributed by atoms with Crippen molar-refractivity contribution in [3.8, 4) is 0 Å². The lowest BCUT2D eigenvalue weighted by Crippen LogP contribution is -2.50. The molecule has 6 nitrogen and oxygen atoms in total. The summed E-state index contributed by atoms with van der Waals surface area (Å²) in [6, 6.07) is 3.74. The molecule has 0 radical (unpaired) electrons. The van der Waals surface area contributed by atoms with Gasteiger partial charge in [-0.15, -0.1) is 11.3 Å². The van der Waals surface area contributed by atoms with Crippen molar-refractivity contribution < 1.29 is 14.3 Å². The van der Waals surface area contributed by atoms with E-state index < -0.39 is 0 Å². The molecular weight excluding hydrogens is 326 g/mol. The van der Waals surface area contributed by atoms with Crippen LogP contribution in [0.15, 0.2) is 35.4 Å². The van der Waals surface area contributed by atoms with Crippen molar-refractivity contribution >= 4 is 17.2 Å². The number of carbonyl (C=O) groups is 1. The highest BCUT2D eigenvalue weighted by Crippen LogP contribution is 2.15. The van der Waals surface area contributed by atoms with E-state index in [2.05, 4.69) is 15.3 Å². The summed E-state index contributed by atoms with van der Waals surface area (Å²) in [5, 5.41) is 5.02. The Kier molecular flexibility index (Phi) is 6.28. The van der Waals surface area contributed by atoms with Crippen LogP contribution in [0.1, 0.15) is 24.1 Å². The number of hydrogen-bond donors (Lipinski definition) is 1. The Morgan fingerprint density at radius 3 is 3.25 bits per heavy atom. The van der Waals surface area contributed by atoms with Crippen LogP contribution in [0.25, 0.3) is 0 Å². The zero-order valence-corrected chi connectivity index (χ0v) is 14.2. The largest absolute Gasteiger partial charge is 0.379 e. The lowest BCUT2D eigenvalue weighted by molar-refractivity contribution is -0.126. The molecule has 7 heteroatoms. The standard InChI is InChI=1S/C17H21N3O3S/c21-17(4-3-13-2-1-6-18-8-13)20-15-10-22-7-5-16(15)23-9-14-11-24-12-19-14/h1-2,6,8,11-12,15-16H,3-5,7,9-10H2,(H,20,21)/t15-,16+/m1/s1. The van der Waals surface area contributed by atoms with Gasteiger partial charge in [0.1, 0.15) is 0 Å². The number of pyridine rings is 1. The van der Waals surface area contributed by atoms with Gasteiger partial charge in [-0.25, -0.2) is 4.98 Å². The second-order valence-electron chi connectivity index (χ2n) is 5.73. The van der Waals surface area contributed by atoms with Gasteiger partial charge < -0.3 is 14.8 Å². The Morgan fingerprint density at radius 1 is 1.50 bits per heavy atom. The number of nitrogens with one attached hydrogen (secondary N) is 1. The number of aromatic nitrogens is 2. The number of amides is 1. The first-order valence-corrected chi connectivity index (χ1v) is 9.00. The molecule has 0 aromatic carbocycles. The third kappa shape index (κ3) is 5.09. The van der Waals surface area contributed by atoms with Gasteiger partial charge in [0.25, 0.3) is 0 Å². The Labute approximate surface area is 145 Å². The Morgan fingerprint density at radius 2 is 2.46 bits per heavy atom. The Balaban J connectivity index is 1.46. The van der Waals surface area contributed by atoms with Crippen molar-refractivity contribution in [2.45, 2.75) is 38.0 Å². The van der Waals surface area contributed by atoms with Gasteiger partial charge in [-0.05, 0) is 24.5 Å². The van der Waals surface area contributed by atoms with Gasteiger partial charge in [-0.2, -0.15) is 0 Å². The van der Waals surface area contributed by atoms with E-state index in [1.165, 1.54) is 0 Å². The van der Waals surface area contributed by atoms with E-state index >= 15 is 0 Å². The van der Waals surface area contributed by atoms with Crippen LogP contribution in [0, 0.1) is 0 Å². The third-order valence-electron chi connectivity index (χ3n) is 3.93. The predicted molar refractivity (Wildman–Crippen MR) is 90.6 cm³/mol. The number of thiazole rings is 1. The van der Waals surface area contributed by atoms with E-state index in [0.29, 0.717) is 32.7 Å². The summed E-state index contributed by atoms with van der Waals surface area (Å²) in [6.45, 7) is 1.61. The zero-order chi connectivity index (χ0) is 16.6. The van der Waals surface area contributed by atoms with Crippen molar-refractivity contribution in [3.63, 3.8) is 0 Å². The Hall–Kier alpha value is -1.83. The van der Waals surface area contributed by atoms with Crippen LogP contribution < -0.4 is 5.32 Å². The molecule has 1 aliphatic heterocycles. The fourth-order valence-corrected chi connectivity index (χ4v) is 3.18. The van der Waals surface area contributed by atoms with Gasteiger partial charge in [0.2, 0.25) is 5.91 Å². The van der Waals surface area contributed by atoms with Crippen molar-refractivity contribution in [1.29, 1.82) is 0 Å². The fraction of sp³-hybridized carbons (Fsp3) is 0.471. The smallest absolute Gasteiger partial charge is 0.220 e. The molecule has 1 saturated heterocycles. The molecule has 0 aliphatic carbocycles. The summed E-state index contributed by atoms with van der Waals surface area (Å²) in [6.07, 6.45) is 5.36. The van der Waals surface area contributed by atoms with E-state index in [1.807, 2.05) is 17.5 Å². The quantitative estimate of drug-likeness (QED) is 0.829. The number of ether oxygens (including phenoxy) is 2. The summed E-state index contributed by atoms with van der Waals surface area (Å²) in [5.74, 6) is 0.0108. The predicted octanol–water partition coefficient (Wildman–Crippen LogP) is 1.96. The van der Waals surface area contributed by atoms with Gasteiger partial charge in [0.15, 0.2) is 0 Å². The van der Waals surface area contributed by atoms with Crippen LogP contribution in [-0.4, -0.2) is 41.2 Å². The fourth-order valence-electron chi connectivity index (χ4n) is 2.64. The number of rotatable bonds is 7. The highest BCUT2D eigenvalue weighted by Gasteiger charge is 2.28. The minimum atomic E-state index is -0.112. The first-order chi connectivity index (χ1) is 11.8. The molecule has 3 rings (SSSR count). The molecule has 1 aliphatic rings. The number of hydrogen-bond acceptors (Lipinski definition) is 6. The minimum absolute atomic E-state index is 0.0108. The molecule has 1 N–H and O–H groups in total. The topological polar surface area (TPSA) is 73.3 Å².